The summed E-state index contributed by atoms with van der Waals surface area (Å²) in [5.41, 5.74) is 2.33. The van der Waals surface area contributed by atoms with Crippen LogP contribution in [0.15, 0.2) is 11.6 Å². The van der Waals surface area contributed by atoms with Crippen molar-refractivity contribution in [2.75, 3.05) is 6.61 Å². The summed E-state index contributed by atoms with van der Waals surface area (Å²) in [7, 11) is 0. The van der Waals surface area contributed by atoms with Crippen molar-refractivity contribution in [2.45, 2.75) is 64.1 Å². The van der Waals surface area contributed by atoms with Crippen LogP contribution in [0.1, 0.15) is 53.9 Å². The minimum Gasteiger partial charge on any atom is -0.368 e. The monoisotopic (exact) mass is 254 g/mol. The predicted molar refractivity (Wildman–Crippen MR) is 76.3 cm³/mol. The standard InChI is InChI=1S/C15H26OS/c1-11-6-7-12(15(11,4)5)10-13-16-9-8-14(2,3)17-13/h6,12-13H,7-10H2,1-5H3/t12-,13?/m1/s1. The fraction of sp³-hybridized carbons (Fsp3) is 0.867. The van der Waals surface area contributed by atoms with Crippen molar-refractivity contribution in [3.8, 4) is 0 Å². The summed E-state index contributed by atoms with van der Waals surface area (Å²) in [5, 5.41) is 0. The summed E-state index contributed by atoms with van der Waals surface area (Å²) in [6, 6.07) is 0. The smallest absolute Gasteiger partial charge is 0.104 e. The average molecular weight is 254 g/mol. The maximum absolute atomic E-state index is 5.94. The molecule has 1 heterocycles. The minimum atomic E-state index is 0.367. The van der Waals surface area contributed by atoms with Gasteiger partial charge in [0, 0.05) is 11.4 Å². The van der Waals surface area contributed by atoms with E-state index in [-0.39, 0.29) is 0 Å². The van der Waals surface area contributed by atoms with Crippen LogP contribution < -0.4 is 0 Å². The van der Waals surface area contributed by atoms with E-state index >= 15 is 0 Å². The summed E-state index contributed by atoms with van der Waals surface area (Å²) in [5.74, 6) is 0.758. The summed E-state index contributed by atoms with van der Waals surface area (Å²) in [6.45, 7) is 12.7. The van der Waals surface area contributed by atoms with E-state index in [1.54, 1.807) is 5.57 Å². The molecule has 1 saturated heterocycles. The molecule has 2 rings (SSSR count). The van der Waals surface area contributed by atoms with Crippen LogP contribution in [0.25, 0.3) is 0 Å². The van der Waals surface area contributed by atoms with Crippen LogP contribution in [0.4, 0.5) is 0 Å². The van der Waals surface area contributed by atoms with Gasteiger partial charge in [0.2, 0.25) is 0 Å². The Morgan fingerprint density at radius 2 is 2.06 bits per heavy atom. The van der Waals surface area contributed by atoms with Gasteiger partial charge in [0.25, 0.3) is 0 Å². The van der Waals surface area contributed by atoms with Gasteiger partial charge in [-0.15, -0.1) is 11.8 Å². The second-order valence-electron chi connectivity index (χ2n) is 6.71. The molecular formula is C15H26OS. The molecule has 2 aliphatic rings. The highest BCUT2D eigenvalue weighted by molar-refractivity contribution is 8.01. The molecule has 1 nitrogen and oxygen atoms in total. The molecule has 0 aromatic rings. The van der Waals surface area contributed by atoms with Gasteiger partial charge in [-0.2, -0.15) is 0 Å². The van der Waals surface area contributed by atoms with Gasteiger partial charge in [-0.05, 0) is 37.5 Å². The zero-order chi connectivity index (χ0) is 12.7. The molecule has 2 heteroatoms. The molecule has 1 unspecified atom stereocenters. The predicted octanol–water partition coefficient (Wildman–Crippen LogP) is 4.63. The fourth-order valence-electron chi connectivity index (χ4n) is 2.82. The third kappa shape index (κ3) is 2.90. The molecule has 2 atom stereocenters. The van der Waals surface area contributed by atoms with E-state index in [0.717, 1.165) is 12.5 Å². The molecule has 0 spiro atoms. The Kier molecular flexibility index (Phi) is 3.66. The Morgan fingerprint density at radius 1 is 1.35 bits per heavy atom. The third-order valence-corrected chi connectivity index (χ3v) is 6.11. The van der Waals surface area contributed by atoms with Gasteiger partial charge in [-0.3, -0.25) is 0 Å². The van der Waals surface area contributed by atoms with Gasteiger partial charge >= 0.3 is 0 Å². The average Bonchev–Trinajstić information content (AvgIpc) is 2.43. The number of ether oxygens (including phenoxy) is 1. The zero-order valence-corrected chi connectivity index (χ0v) is 12.7. The zero-order valence-electron chi connectivity index (χ0n) is 11.9. The Balaban J connectivity index is 1.94. The Labute approximate surface area is 110 Å². The van der Waals surface area contributed by atoms with Crippen LogP contribution in [0.3, 0.4) is 0 Å². The molecule has 0 radical (unpaired) electrons. The molecule has 0 bridgehead atoms. The van der Waals surface area contributed by atoms with Gasteiger partial charge < -0.3 is 4.74 Å². The lowest BCUT2D eigenvalue weighted by molar-refractivity contribution is 0.0656. The first-order valence-electron chi connectivity index (χ1n) is 6.78. The second-order valence-corrected chi connectivity index (χ2v) is 8.57. The Hall–Kier alpha value is 0.0500. The summed E-state index contributed by atoms with van der Waals surface area (Å²) < 4.78 is 6.34. The Morgan fingerprint density at radius 3 is 2.59 bits per heavy atom. The molecule has 0 amide bonds. The van der Waals surface area contributed by atoms with E-state index < -0.39 is 0 Å². The summed E-state index contributed by atoms with van der Waals surface area (Å²) >= 11 is 2.03. The molecule has 1 aliphatic carbocycles. The van der Waals surface area contributed by atoms with Gasteiger partial charge in [-0.1, -0.05) is 39.3 Å². The highest BCUT2D eigenvalue weighted by atomic mass is 32.2. The number of thioether (sulfide) groups is 1. The topological polar surface area (TPSA) is 9.23 Å². The van der Waals surface area contributed by atoms with Crippen LogP contribution >= 0.6 is 11.8 Å². The summed E-state index contributed by atoms with van der Waals surface area (Å²) in [4.78, 5) is 0. The lowest BCUT2D eigenvalue weighted by Crippen LogP contribution is -2.33. The van der Waals surface area contributed by atoms with Crippen molar-refractivity contribution in [3.05, 3.63) is 11.6 Å². The lowest BCUT2D eigenvalue weighted by Gasteiger charge is -2.38. The lowest BCUT2D eigenvalue weighted by atomic mass is 9.76. The van der Waals surface area contributed by atoms with Crippen LogP contribution in [-0.2, 0) is 4.74 Å². The molecule has 98 valence electrons. The Bertz CT molecular complexity index is 317. The van der Waals surface area contributed by atoms with E-state index in [0.29, 0.717) is 15.6 Å². The highest BCUT2D eigenvalue weighted by Crippen LogP contribution is 2.48. The van der Waals surface area contributed by atoms with Crippen molar-refractivity contribution in [2.24, 2.45) is 11.3 Å². The van der Waals surface area contributed by atoms with Crippen molar-refractivity contribution in [3.63, 3.8) is 0 Å². The molecular weight excluding hydrogens is 228 g/mol. The van der Waals surface area contributed by atoms with Crippen LogP contribution in [0.5, 0.6) is 0 Å². The van der Waals surface area contributed by atoms with Crippen molar-refractivity contribution >= 4 is 11.8 Å². The summed E-state index contributed by atoms with van der Waals surface area (Å²) in [6.07, 6.45) is 6.04. The number of hydrogen-bond acceptors (Lipinski definition) is 2. The normalized spacial score (nSPS) is 35.7. The third-order valence-electron chi connectivity index (χ3n) is 4.68. The molecule has 0 aromatic carbocycles. The first kappa shape index (κ1) is 13.5. The van der Waals surface area contributed by atoms with Crippen molar-refractivity contribution < 1.29 is 4.74 Å². The molecule has 0 N–H and O–H groups in total. The molecule has 0 aromatic heterocycles. The second kappa shape index (κ2) is 4.62. The first-order valence-corrected chi connectivity index (χ1v) is 7.66. The highest BCUT2D eigenvalue weighted by Gasteiger charge is 2.38. The van der Waals surface area contributed by atoms with Crippen LogP contribution in [0.2, 0.25) is 0 Å². The minimum absolute atomic E-state index is 0.367. The van der Waals surface area contributed by atoms with E-state index in [1.807, 2.05) is 11.8 Å². The number of allylic oxidation sites excluding steroid dienone is 2. The van der Waals surface area contributed by atoms with Gasteiger partial charge in [-0.25, -0.2) is 0 Å². The largest absolute Gasteiger partial charge is 0.368 e. The van der Waals surface area contributed by atoms with Crippen molar-refractivity contribution in [1.82, 2.24) is 0 Å². The number of hydrogen-bond donors (Lipinski definition) is 0. The number of rotatable bonds is 2. The van der Waals surface area contributed by atoms with E-state index in [1.165, 1.54) is 19.3 Å². The molecule has 1 fully saturated rings. The van der Waals surface area contributed by atoms with Gasteiger partial charge in [0.1, 0.15) is 5.44 Å². The van der Waals surface area contributed by atoms with Crippen molar-refractivity contribution in [1.29, 1.82) is 0 Å². The molecule has 0 saturated carbocycles. The first-order chi connectivity index (χ1) is 7.81. The van der Waals surface area contributed by atoms with Gasteiger partial charge in [0.15, 0.2) is 0 Å². The maximum atomic E-state index is 5.94. The van der Waals surface area contributed by atoms with E-state index in [9.17, 15) is 0 Å². The van der Waals surface area contributed by atoms with Crippen LogP contribution in [-0.4, -0.2) is 16.8 Å². The van der Waals surface area contributed by atoms with E-state index in [4.69, 9.17) is 4.74 Å². The van der Waals surface area contributed by atoms with E-state index in [2.05, 4.69) is 40.7 Å². The molecule has 17 heavy (non-hydrogen) atoms. The van der Waals surface area contributed by atoms with Crippen LogP contribution in [0, 0.1) is 11.3 Å². The van der Waals surface area contributed by atoms with Gasteiger partial charge in [0.05, 0.1) is 0 Å². The fourth-order valence-corrected chi connectivity index (χ4v) is 4.23. The molecule has 1 aliphatic heterocycles. The SMILES string of the molecule is CC1=CC[C@H](CC2OCCC(C)(C)S2)C1(C)C. The quantitative estimate of drug-likeness (QED) is 0.665. The maximum Gasteiger partial charge on any atom is 0.104 e.